The summed E-state index contributed by atoms with van der Waals surface area (Å²) >= 11 is 0. The van der Waals surface area contributed by atoms with E-state index >= 15 is 0 Å². The number of sulfonamides is 2. The van der Waals surface area contributed by atoms with E-state index in [0.29, 0.717) is 4.31 Å². The Balaban J connectivity index is 2.81. The summed E-state index contributed by atoms with van der Waals surface area (Å²) in [6.45, 7) is -1.08. The molecule has 0 atom stereocenters. The van der Waals surface area contributed by atoms with Crippen molar-refractivity contribution in [3.05, 3.63) is 30.1 Å². The van der Waals surface area contributed by atoms with E-state index in [9.17, 15) is 26.0 Å². The number of hydrogen-bond donors (Lipinski definition) is 1. The highest BCUT2D eigenvalue weighted by atomic mass is 32.2. The molecule has 0 aromatic heterocycles. The average molecular weight is 368 g/mol. The zero-order chi connectivity index (χ0) is 17.8. The van der Waals surface area contributed by atoms with Gasteiger partial charge in [-0.15, -0.1) is 0 Å². The van der Waals surface area contributed by atoms with Gasteiger partial charge in [-0.1, -0.05) is 0 Å². The van der Waals surface area contributed by atoms with Crippen molar-refractivity contribution in [3.8, 4) is 0 Å². The minimum Gasteiger partial charge on any atom is -0.480 e. The van der Waals surface area contributed by atoms with Crippen LogP contribution in [0, 0.1) is 5.82 Å². The van der Waals surface area contributed by atoms with Crippen LogP contribution in [0.25, 0.3) is 0 Å². The molecule has 0 aliphatic carbocycles. The molecule has 23 heavy (non-hydrogen) atoms. The molecule has 1 N–H and O–H groups in total. The van der Waals surface area contributed by atoms with Crippen LogP contribution < -0.4 is 0 Å². The number of rotatable bonds is 8. The molecule has 0 amide bonds. The van der Waals surface area contributed by atoms with Crippen LogP contribution >= 0.6 is 0 Å². The van der Waals surface area contributed by atoms with Crippen molar-refractivity contribution < 1.29 is 31.1 Å². The van der Waals surface area contributed by atoms with Crippen molar-refractivity contribution in [2.24, 2.45) is 0 Å². The second-order valence-electron chi connectivity index (χ2n) is 4.75. The Labute approximate surface area is 134 Å². The quantitative estimate of drug-likeness (QED) is 0.680. The second-order valence-corrected chi connectivity index (χ2v) is 8.99. The minimum absolute atomic E-state index is 0.169. The number of likely N-dealkylation sites (N-methyl/N-ethyl adjacent to an activating group) is 1. The van der Waals surface area contributed by atoms with Crippen LogP contribution in [0.5, 0.6) is 0 Å². The summed E-state index contributed by atoms with van der Waals surface area (Å²) in [5.41, 5.74) is 0. The van der Waals surface area contributed by atoms with Gasteiger partial charge in [0.15, 0.2) is 0 Å². The number of hydrogen-bond acceptors (Lipinski definition) is 5. The predicted octanol–water partition coefficient (Wildman–Crippen LogP) is -0.208. The fourth-order valence-corrected chi connectivity index (χ4v) is 4.01. The van der Waals surface area contributed by atoms with Gasteiger partial charge in [-0.05, 0) is 24.3 Å². The summed E-state index contributed by atoms with van der Waals surface area (Å²) in [6.07, 6.45) is 0. The van der Waals surface area contributed by atoms with Gasteiger partial charge in [-0.25, -0.2) is 21.2 Å². The molecule has 1 aromatic rings. The third-order valence-corrected chi connectivity index (χ3v) is 6.67. The van der Waals surface area contributed by atoms with Crippen molar-refractivity contribution in [1.82, 2.24) is 8.61 Å². The Bertz CT molecular complexity index is 761. The van der Waals surface area contributed by atoms with E-state index in [2.05, 4.69) is 0 Å². The van der Waals surface area contributed by atoms with Gasteiger partial charge in [0.25, 0.3) is 0 Å². The number of benzene rings is 1. The summed E-state index contributed by atoms with van der Waals surface area (Å²) in [6, 6.07) is 4.12. The first-order valence-corrected chi connectivity index (χ1v) is 9.39. The van der Waals surface area contributed by atoms with Crippen molar-refractivity contribution >= 4 is 26.0 Å². The monoisotopic (exact) mass is 368 g/mol. The highest BCUT2D eigenvalue weighted by molar-refractivity contribution is 7.90. The Kier molecular flexibility index (Phi) is 6.22. The summed E-state index contributed by atoms with van der Waals surface area (Å²) in [7, 11) is -5.59. The molecule has 0 unspecified atom stereocenters. The molecule has 8 nitrogen and oxygen atoms in total. The third kappa shape index (κ3) is 5.23. The number of carboxylic acids is 1. The molecule has 0 saturated heterocycles. The number of carboxylic acid groups (broad SMARTS) is 1. The molecule has 0 fully saturated rings. The molecule has 1 rings (SSSR count). The maximum Gasteiger partial charge on any atom is 0.318 e. The van der Waals surface area contributed by atoms with Crippen molar-refractivity contribution in [2.45, 2.75) is 4.90 Å². The highest BCUT2D eigenvalue weighted by Crippen LogP contribution is 2.15. The van der Waals surface area contributed by atoms with Crippen molar-refractivity contribution in [3.63, 3.8) is 0 Å². The van der Waals surface area contributed by atoms with Gasteiger partial charge in [-0.2, -0.15) is 8.61 Å². The average Bonchev–Trinajstić information content (AvgIpc) is 2.44. The largest absolute Gasteiger partial charge is 0.480 e. The fraction of sp³-hybridized carbons (Fsp3) is 0.417. The number of halogens is 1. The second kappa shape index (κ2) is 7.34. The first kappa shape index (κ1) is 19.5. The Morgan fingerprint density at radius 3 is 2.09 bits per heavy atom. The molecule has 11 heteroatoms. The predicted molar refractivity (Wildman–Crippen MR) is 80.3 cm³/mol. The van der Waals surface area contributed by atoms with Gasteiger partial charge in [0.05, 0.1) is 10.6 Å². The summed E-state index contributed by atoms with van der Waals surface area (Å²) < 4.78 is 62.4. The SMILES string of the molecule is CN(CC(=O)O)S(=O)(=O)CCN(C)S(=O)(=O)c1ccc(F)cc1. The molecule has 0 saturated carbocycles. The Hall–Kier alpha value is -1.56. The van der Waals surface area contributed by atoms with E-state index in [0.717, 1.165) is 35.6 Å². The lowest BCUT2D eigenvalue weighted by Gasteiger charge is -2.19. The molecule has 0 heterocycles. The molecule has 1 aromatic carbocycles. The first-order valence-electron chi connectivity index (χ1n) is 6.34. The van der Waals surface area contributed by atoms with Gasteiger partial charge < -0.3 is 5.11 Å². The van der Waals surface area contributed by atoms with Gasteiger partial charge in [0, 0.05) is 20.6 Å². The first-order chi connectivity index (χ1) is 10.5. The number of carbonyl (C=O) groups is 1. The van der Waals surface area contributed by atoms with E-state index in [1.165, 1.54) is 7.05 Å². The van der Waals surface area contributed by atoms with Gasteiger partial charge in [0.1, 0.15) is 12.4 Å². The topological polar surface area (TPSA) is 112 Å². The Morgan fingerprint density at radius 2 is 1.61 bits per heavy atom. The lowest BCUT2D eigenvalue weighted by atomic mass is 10.4. The zero-order valence-electron chi connectivity index (χ0n) is 12.5. The smallest absolute Gasteiger partial charge is 0.318 e. The van der Waals surface area contributed by atoms with Crippen LogP contribution in [0.4, 0.5) is 4.39 Å². The van der Waals surface area contributed by atoms with Crippen molar-refractivity contribution in [2.75, 3.05) is 32.9 Å². The van der Waals surface area contributed by atoms with E-state index in [4.69, 9.17) is 5.11 Å². The zero-order valence-corrected chi connectivity index (χ0v) is 14.1. The minimum atomic E-state index is -3.96. The van der Waals surface area contributed by atoms with Gasteiger partial charge >= 0.3 is 5.97 Å². The summed E-state index contributed by atoms with van der Waals surface area (Å²) in [5, 5.41) is 8.58. The third-order valence-electron chi connectivity index (χ3n) is 3.02. The number of nitrogens with zero attached hydrogens (tertiary/aromatic N) is 2. The van der Waals surface area contributed by atoms with Crippen LogP contribution in [0.15, 0.2) is 29.2 Å². The van der Waals surface area contributed by atoms with E-state index in [1.807, 2.05) is 0 Å². The van der Waals surface area contributed by atoms with Gasteiger partial charge in [0.2, 0.25) is 20.0 Å². The molecular weight excluding hydrogens is 351 g/mol. The van der Waals surface area contributed by atoms with Crippen LogP contribution in [0.3, 0.4) is 0 Å². The van der Waals surface area contributed by atoms with Crippen LogP contribution in [0.2, 0.25) is 0 Å². The highest BCUT2D eigenvalue weighted by Gasteiger charge is 2.25. The van der Waals surface area contributed by atoms with E-state index < -0.39 is 44.1 Å². The maximum absolute atomic E-state index is 12.8. The molecule has 0 aliphatic rings. The molecule has 0 bridgehead atoms. The molecule has 0 radical (unpaired) electrons. The van der Waals surface area contributed by atoms with Crippen molar-refractivity contribution in [1.29, 1.82) is 0 Å². The van der Waals surface area contributed by atoms with Crippen LogP contribution in [-0.2, 0) is 24.8 Å². The van der Waals surface area contributed by atoms with E-state index in [-0.39, 0.29) is 11.4 Å². The molecular formula is C12H17FN2O6S2. The van der Waals surface area contributed by atoms with E-state index in [1.54, 1.807) is 0 Å². The molecule has 0 spiro atoms. The number of aliphatic carboxylic acids is 1. The van der Waals surface area contributed by atoms with Crippen LogP contribution in [-0.4, -0.2) is 69.5 Å². The molecule has 130 valence electrons. The standard InChI is InChI=1S/C12H17FN2O6S2/c1-14(7-8-22(18,19)15(2)9-12(16)17)23(20,21)11-5-3-10(13)4-6-11/h3-6H,7-9H2,1-2H3,(H,16,17). The van der Waals surface area contributed by atoms with Gasteiger partial charge in [-0.3, -0.25) is 4.79 Å². The lowest BCUT2D eigenvalue weighted by Crippen LogP contribution is -2.38. The molecule has 0 aliphatic heterocycles. The fourth-order valence-electron chi connectivity index (χ4n) is 1.60. The Morgan fingerprint density at radius 1 is 1.09 bits per heavy atom. The normalized spacial score (nSPS) is 12.7. The summed E-state index contributed by atoms with van der Waals surface area (Å²) in [5.74, 6) is -2.49. The maximum atomic E-state index is 12.8. The lowest BCUT2D eigenvalue weighted by molar-refractivity contribution is -0.137. The van der Waals surface area contributed by atoms with Crippen LogP contribution in [0.1, 0.15) is 0 Å². The summed E-state index contributed by atoms with van der Waals surface area (Å²) in [4.78, 5) is 10.4.